The van der Waals surface area contributed by atoms with Crippen LogP contribution >= 0.6 is 0 Å². The second-order valence-corrected chi connectivity index (χ2v) is 6.98. The number of benzene rings is 1. The maximum Gasteiger partial charge on any atom is 0.244 e. The molecule has 0 aliphatic carbocycles. The molecule has 0 fully saturated rings. The minimum absolute atomic E-state index is 0.0528. The predicted molar refractivity (Wildman–Crippen MR) is 77.4 cm³/mol. The van der Waals surface area contributed by atoms with Gasteiger partial charge < -0.3 is 10.1 Å². The highest BCUT2D eigenvalue weighted by atomic mass is 32.2. The van der Waals surface area contributed by atoms with Gasteiger partial charge in [0.1, 0.15) is 15.6 Å². The molecule has 0 saturated heterocycles. The molecule has 0 saturated carbocycles. The van der Waals surface area contributed by atoms with Crippen LogP contribution in [0.25, 0.3) is 6.08 Å². The van der Waals surface area contributed by atoms with Crippen molar-refractivity contribution in [3.05, 3.63) is 35.4 Å². The van der Waals surface area contributed by atoms with E-state index in [1.807, 2.05) is 18.2 Å². The van der Waals surface area contributed by atoms with E-state index in [2.05, 4.69) is 5.32 Å². The van der Waals surface area contributed by atoms with E-state index in [0.717, 1.165) is 29.6 Å². The van der Waals surface area contributed by atoms with E-state index in [9.17, 15) is 13.2 Å². The molecule has 1 amide bonds. The first-order chi connectivity index (χ1) is 9.44. The number of fused-ring (bicyclic) bond motifs is 1. The molecule has 0 bridgehead atoms. The van der Waals surface area contributed by atoms with Crippen LogP contribution in [0, 0.1) is 0 Å². The SMILES string of the molecule is CS(=O)(=O)CCNC(=O)/C=C\c1ccc2c(c1)CCO2. The lowest BCUT2D eigenvalue weighted by molar-refractivity contribution is -0.116. The topological polar surface area (TPSA) is 72.5 Å². The highest BCUT2D eigenvalue weighted by Crippen LogP contribution is 2.26. The molecule has 108 valence electrons. The summed E-state index contributed by atoms with van der Waals surface area (Å²) in [6, 6.07) is 5.76. The molecular weight excluding hydrogens is 278 g/mol. The van der Waals surface area contributed by atoms with Crippen LogP contribution in [0.1, 0.15) is 11.1 Å². The Morgan fingerprint density at radius 1 is 1.45 bits per heavy atom. The summed E-state index contributed by atoms with van der Waals surface area (Å²) in [5.74, 6) is 0.549. The Bertz CT molecular complexity index is 635. The van der Waals surface area contributed by atoms with E-state index in [0.29, 0.717) is 6.61 Å². The van der Waals surface area contributed by atoms with Crippen molar-refractivity contribution in [1.29, 1.82) is 0 Å². The van der Waals surface area contributed by atoms with Crippen LogP contribution in [0.5, 0.6) is 5.75 Å². The Hall–Kier alpha value is -1.82. The first-order valence-electron chi connectivity index (χ1n) is 6.33. The van der Waals surface area contributed by atoms with Gasteiger partial charge in [0.2, 0.25) is 5.91 Å². The van der Waals surface area contributed by atoms with Crippen LogP contribution in [-0.4, -0.2) is 39.5 Å². The molecule has 5 nitrogen and oxygen atoms in total. The summed E-state index contributed by atoms with van der Waals surface area (Å²) < 4.78 is 27.2. The fourth-order valence-electron chi connectivity index (χ4n) is 1.90. The zero-order valence-corrected chi connectivity index (χ0v) is 12.1. The fourth-order valence-corrected chi connectivity index (χ4v) is 2.37. The molecule has 0 spiro atoms. The number of carbonyl (C=O) groups is 1. The molecular formula is C14H17NO4S. The Balaban J connectivity index is 1.87. The standard InChI is InChI=1S/C14H17NO4S/c1-20(17,18)9-7-15-14(16)5-3-11-2-4-13-12(10-11)6-8-19-13/h2-5,10H,6-9H2,1H3,(H,15,16)/b5-3-. The molecule has 1 heterocycles. The minimum atomic E-state index is -3.05. The van der Waals surface area contributed by atoms with E-state index < -0.39 is 9.84 Å². The predicted octanol–water partition coefficient (Wildman–Crippen LogP) is 0.795. The van der Waals surface area contributed by atoms with Gasteiger partial charge in [-0.15, -0.1) is 0 Å². The van der Waals surface area contributed by atoms with E-state index in [-0.39, 0.29) is 18.2 Å². The fraction of sp³-hybridized carbons (Fsp3) is 0.357. The van der Waals surface area contributed by atoms with Crippen molar-refractivity contribution in [2.45, 2.75) is 6.42 Å². The number of hydrogen-bond acceptors (Lipinski definition) is 4. The molecule has 0 radical (unpaired) electrons. The molecule has 1 aromatic rings. The zero-order valence-electron chi connectivity index (χ0n) is 11.3. The van der Waals surface area contributed by atoms with Crippen molar-refractivity contribution in [3.63, 3.8) is 0 Å². The normalized spacial score (nSPS) is 14.1. The summed E-state index contributed by atoms with van der Waals surface area (Å²) in [4.78, 5) is 11.5. The average molecular weight is 295 g/mol. The molecule has 20 heavy (non-hydrogen) atoms. The third-order valence-electron chi connectivity index (χ3n) is 2.91. The molecule has 1 aliphatic rings. The molecule has 6 heteroatoms. The Morgan fingerprint density at radius 2 is 2.25 bits per heavy atom. The first kappa shape index (κ1) is 14.6. The van der Waals surface area contributed by atoms with Crippen molar-refractivity contribution in [1.82, 2.24) is 5.32 Å². The second kappa shape index (κ2) is 6.09. The van der Waals surface area contributed by atoms with Crippen molar-refractivity contribution in [2.24, 2.45) is 0 Å². The summed E-state index contributed by atoms with van der Waals surface area (Å²) in [7, 11) is -3.05. The van der Waals surface area contributed by atoms with Gasteiger partial charge in [0.15, 0.2) is 0 Å². The third kappa shape index (κ3) is 4.38. The lowest BCUT2D eigenvalue weighted by Gasteiger charge is -2.01. The number of rotatable bonds is 5. The smallest absolute Gasteiger partial charge is 0.244 e. The van der Waals surface area contributed by atoms with Gasteiger partial charge >= 0.3 is 0 Å². The van der Waals surface area contributed by atoms with E-state index in [4.69, 9.17) is 4.74 Å². The zero-order chi connectivity index (χ0) is 14.6. The first-order valence-corrected chi connectivity index (χ1v) is 8.39. The summed E-state index contributed by atoms with van der Waals surface area (Å²) in [6.45, 7) is 0.828. The average Bonchev–Trinajstić information content (AvgIpc) is 2.82. The van der Waals surface area contributed by atoms with Gasteiger partial charge in [-0.2, -0.15) is 0 Å². The number of hydrogen-bond donors (Lipinski definition) is 1. The van der Waals surface area contributed by atoms with Crippen LogP contribution in [0.15, 0.2) is 24.3 Å². The van der Waals surface area contributed by atoms with Gasteiger partial charge in [-0.1, -0.05) is 6.07 Å². The number of amides is 1. The van der Waals surface area contributed by atoms with Gasteiger partial charge in [0.25, 0.3) is 0 Å². The van der Waals surface area contributed by atoms with Crippen LogP contribution in [0.2, 0.25) is 0 Å². The molecule has 1 aromatic carbocycles. The van der Waals surface area contributed by atoms with Gasteiger partial charge in [-0.25, -0.2) is 8.42 Å². The number of nitrogens with one attached hydrogen (secondary N) is 1. The third-order valence-corrected chi connectivity index (χ3v) is 3.86. The van der Waals surface area contributed by atoms with Gasteiger partial charge in [-0.3, -0.25) is 4.79 Å². The quantitative estimate of drug-likeness (QED) is 0.815. The lowest BCUT2D eigenvalue weighted by atomic mass is 10.1. The summed E-state index contributed by atoms with van der Waals surface area (Å²) in [5.41, 5.74) is 2.07. The summed E-state index contributed by atoms with van der Waals surface area (Å²) in [5, 5.41) is 2.53. The summed E-state index contributed by atoms with van der Waals surface area (Å²) >= 11 is 0. The van der Waals surface area contributed by atoms with Crippen LogP contribution in [-0.2, 0) is 21.1 Å². The molecule has 1 aliphatic heterocycles. The van der Waals surface area contributed by atoms with Crippen LogP contribution in [0.4, 0.5) is 0 Å². The minimum Gasteiger partial charge on any atom is -0.493 e. The Kier molecular flexibility index (Phi) is 4.44. The van der Waals surface area contributed by atoms with Gasteiger partial charge in [0.05, 0.1) is 12.4 Å². The van der Waals surface area contributed by atoms with Crippen LogP contribution < -0.4 is 10.1 Å². The lowest BCUT2D eigenvalue weighted by Crippen LogP contribution is -2.27. The molecule has 0 atom stereocenters. The molecule has 2 rings (SSSR count). The van der Waals surface area contributed by atoms with Crippen molar-refractivity contribution >= 4 is 21.8 Å². The number of carbonyl (C=O) groups excluding carboxylic acids is 1. The molecule has 1 N–H and O–H groups in total. The van der Waals surface area contributed by atoms with Gasteiger partial charge in [0, 0.05) is 25.3 Å². The maximum atomic E-state index is 11.5. The van der Waals surface area contributed by atoms with Crippen LogP contribution in [0.3, 0.4) is 0 Å². The highest BCUT2D eigenvalue weighted by molar-refractivity contribution is 7.90. The largest absolute Gasteiger partial charge is 0.493 e. The monoisotopic (exact) mass is 295 g/mol. The van der Waals surface area contributed by atoms with Gasteiger partial charge in [-0.05, 0) is 29.3 Å². The summed E-state index contributed by atoms with van der Waals surface area (Å²) in [6.07, 6.45) is 5.13. The van der Waals surface area contributed by atoms with E-state index >= 15 is 0 Å². The Morgan fingerprint density at radius 3 is 3.00 bits per heavy atom. The van der Waals surface area contributed by atoms with Crippen molar-refractivity contribution < 1.29 is 17.9 Å². The van der Waals surface area contributed by atoms with E-state index in [1.54, 1.807) is 6.08 Å². The molecule has 0 unspecified atom stereocenters. The number of ether oxygens (including phenoxy) is 1. The van der Waals surface area contributed by atoms with E-state index in [1.165, 1.54) is 6.08 Å². The number of sulfone groups is 1. The Labute approximate surface area is 118 Å². The maximum absolute atomic E-state index is 11.5. The van der Waals surface area contributed by atoms with Crippen molar-refractivity contribution in [3.8, 4) is 5.75 Å². The highest BCUT2D eigenvalue weighted by Gasteiger charge is 2.11. The van der Waals surface area contributed by atoms with Crippen molar-refractivity contribution in [2.75, 3.05) is 25.2 Å². The molecule has 0 aromatic heterocycles. The second-order valence-electron chi connectivity index (χ2n) is 4.72.